The molecular formula is C23H24N6O3S. The zero-order valence-electron chi connectivity index (χ0n) is 18.3. The lowest BCUT2D eigenvalue weighted by atomic mass is 10.2. The number of thioether (sulfide) groups is 1. The Kier molecular flexibility index (Phi) is 6.36. The van der Waals surface area contributed by atoms with Crippen LogP contribution in [0.3, 0.4) is 0 Å². The van der Waals surface area contributed by atoms with Gasteiger partial charge in [0.2, 0.25) is 5.91 Å². The summed E-state index contributed by atoms with van der Waals surface area (Å²) < 4.78 is 3.19. The Morgan fingerprint density at radius 2 is 1.82 bits per heavy atom. The molecule has 170 valence electrons. The third-order valence-electron chi connectivity index (χ3n) is 5.36. The summed E-state index contributed by atoms with van der Waals surface area (Å²) >= 11 is 1.28. The van der Waals surface area contributed by atoms with Crippen molar-refractivity contribution in [2.45, 2.75) is 18.6 Å². The van der Waals surface area contributed by atoms with Gasteiger partial charge in [0.25, 0.3) is 5.56 Å². The van der Waals surface area contributed by atoms with E-state index in [-0.39, 0.29) is 36.3 Å². The van der Waals surface area contributed by atoms with Gasteiger partial charge < -0.3 is 15.2 Å². The number of carbonyl (C=O) groups is 1. The number of hydrogen-bond donors (Lipinski definition) is 2. The van der Waals surface area contributed by atoms with E-state index in [0.717, 1.165) is 16.6 Å². The van der Waals surface area contributed by atoms with Crippen molar-refractivity contribution in [2.75, 3.05) is 22.9 Å². The van der Waals surface area contributed by atoms with E-state index in [1.807, 2.05) is 66.2 Å². The number of nitrogens with zero attached hydrogens (tertiary/aromatic N) is 4. The number of hydrogen-bond acceptors (Lipinski definition) is 6. The molecule has 1 amide bonds. The number of imidazole rings is 1. The summed E-state index contributed by atoms with van der Waals surface area (Å²) in [4.78, 5) is 46.4. The molecule has 0 aliphatic rings. The highest BCUT2D eigenvalue weighted by Gasteiger charge is 2.23. The van der Waals surface area contributed by atoms with Crippen LogP contribution >= 0.6 is 11.8 Å². The molecule has 4 rings (SSSR count). The first kappa shape index (κ1) is 22.4. The number of nitrogens with two attached hydrogens (primary N) is 1. The lowest BCUT2D eigenvalue weighted by Gasteiger charge is -2.23. The number of amides is 1. The van der Waals surface area contributed by atoms with Gasteiger partial charge >= 0.3 is 5.69 Å². The lowest BCUT2D eigenvalue weighted by molar-refractivity contribution is -0.116. The summed E-state index contributed by atoms with van der Waals surface area (Å²) in [6.45, 7) is 2.15. The number of aryl methyl sites for hydroxylation is 1. The van der Waals surface area contributed by atoms with E-state index in [1.165, 1.54) is 21.2 Å². The molecule has 0 unspecified atom stereocenters. The minimum absolute atomic E-state index is 0.0244. The molecule has 9 nitrogen and oxygen atoms in total. The maximum atomic E-state index is 13.1. The molecule has 0 spiro atoms. The number of rotatable bonds is 7. The van der Waals surface area contributed by atoms with Gasteiger partial charge in [-0.1, -0.05) is 54.2 Å². The van der Waals surface area contributed by atoms with Crippen LogP contribution in [0.5, 0.6) is 0 Å². The quantitative estimate of drug-likeness (QED) is 0.405. The Morgan fingerprint density at radius 3 is 2.52 bits per heavy atom. The minimum atomic E-state index is -0.690. The predicted octanol–water partition coefficient (Wildman–Crippen LogP) is 2.20. The Balaban J connectivity index is 1.61. The smallest absolute Gasteiger partial charge is 0.330 e. The summed E-state index contributed by atoms with van der Waals surface area (Å²) in [5.74, 6) is -0.297. The van der Waals surface area contributed by atoms with Crippen LogP contribution in [0.1, 0.15) is 12.5 Å². The zero-order chi connectivity index (χ0) is 23.5. The van der Waals surface area contributed by atoms with Crippen molar-refractivity contribution in [3.8, 4) is 0 Å². The molecule has 2 heterocycles. The van der Waals surface area contributed by atoms with Crippen molar-refractivity contribution in [2.24, 2.45) is 7.05 Å². The van der Waals surface area contributed by atoms with Crippen LogP contribution in [-0.4, -0.2) is 37.3 Å². The van der Waals surface area contributed by atoms with E-state index >= 15 is 0 Å². The highest BCUT2D eigenvalue weighted by atomic mass is 32.2. The fourth-order valence-corrected chi connectivity index (χ4v) is 4.54. The number of fused-ring (bicyclic) bond motifs is 1. The molecule has 10 heteroatoms. The highest BCUT2D eigenvalue weighted by Crippen LogP contribution is 2.24. The molecule has 0 aliphatic heterocycles. The molecule has 2 aromatic carbocycles. The first-order valence-electron chi connectivity index (χ1n) is 10.4. The first-order valence-corrected chi connectivity index (χ1v) is 11.4. The van der Waals surface area contributed by atoms with Gasteiger partial charge in [-0.15, -0.1) is 0 Å². The SMILES string of the molecule is CCN(C(=O)CSc1nc2ccccc2n1C)c1c(N)n(Cc2ccccc2)c(=O)[nH]c1=O. The Hall–Kier alpha value is -3.79. The molecule has 0 atom stereocenters. The third kappa shape index (κ3) is 4.42. The number of anilines is 2. The number of nitrogen functional groups attached to an aromatic ring is 1. The largest absolute Gasteiger partial charge is 0.383 e. The molecular weight excluding hydrogens is 440 g/mol. The van der Waals surface area contributed by atoms with Crippen LogP contribution in [0.2, 0.25) is 0 Å². The van der Waals surface area contributed by atoms with Crippen molar-refractivity contribution in [3.63, 3.8) is 0 Å². The molecule has 0 fully saturated rings. The molecule has 3 N–H and O–H groups in total. The van der Waals surface area contributed by atoms with Gasteiger partial charge in [-0.25, -0.2) is 9.78 Å². The Labute approximate surface area is 193 Å². The normalized spacial score (nSPS) is 11.1. The summed E-state index contributed by atoms with van der Waals surface area (Å²) in [5, 5.41) is 0.691. The molecule has 0 bridgehead atoms. The maximum absolute atomic E-state index is 13.1. The Morgan fingerprint density at radius 1 is 1.12 bits per heavy atom. The highest BCUT2D eigenvalue weighted by molar-refractivity contribution is 7.99. The molecule has 0 saturated carbocycles. The van der Waals surface area contributed by atoms with E-state index in [0.29, 0.717) is 5.16 Å². The lowest BCUT2D eigenvalue weighted by Crippen LogP contribution is -2.41. The van der Waals surface area contributed by atoms with Crippen LogP contribution in [0, 0.1) is 0 Å². The number of carbonyl (C=O) groups excluding carboxylic acids is 1. The molecule has 33 heavy (non-hydrogen) atoms. The van der Waals surface area contributed by atoms with Gasteiger partial charge in [-0.2, -0.15) is 0 Å². The summed E-state index contributed by atoms with van der Waals surface area (Å²) in [7, 11) is 1.89. The second kappa shape index (κ2) is 9.37. The number of para-hydroxylation sites is 2. The number of nitrogens with one attached hydrogen (secondary N) is 1. The van der Waals surface area contributed by atoms with E-state index in [9.17, 15) is 14.4 Å². The van der Waals surface area contributed by atoms with E-state index in [1.54, 1.807) is 6.92 Å². The second-order valence-corrected chi connectivity index (χ2v) is 8.38. The van der Waals surface area contributed by atoms with Gasteiger partial charge in [-0.3, -0.25) is 19.1 Å². The maximum Gasteiger partial charge on any atom is 0.330 e. The Bertz CT molecular complexity index is 1420. The fraction of sp³-hybridized carbons (Fsp3) is 0.217. The average Bonchev–Trinajstić information content (AvgIpc) is 3.14. The van der Waals surface area contributed by atoms with Gasteiger partial charge in [-0.05, 0) is 24.6 Å². The van der Waals surface area contributed by atoms with E-state index in [2.05, 4.69) is 9.97 Å². The topological polar surface area (TPSA) is 119 Å². The monoisotopic (exact) mass is 464 g/mol. The van der Waals surface area contributed by atoms with Crippen LogP contribution < -0.4 is 21.9 Å². The van der Waals surface area contributed by atoms with E-state index < -0.39 is 11.2 Å². The number of aromatic amines is 1. The first-order chi connectivity index (χ1) is 15.9. The summed E-state index contributed by atoms with van der Waals surface area (Å²) in [6, 6.07) is 17.0. The van der Waals surface area contributed by atoms with Crippen molar-refractivity contribution in [1.29, 1.82) is 0 Å². The van der Waals surface area contributed by atoms with Crippen LogP contribution in [-0.2, 0) is 18.4 Å². The van der Waals surface area contributed by atoms with E-state index in [4.69, 9.17) is 5.73 Å². The van der Waals surface area contributed by atoms with Crippen molar-refractivity contribution in [1.82, 2.24) is 19.1 Å². The number of aromatic nitrogens is 4. The number of H-pyrrole nitrogens is 1. The van der Waals surface area contributed by atoms with Crippen molar-refractivity contribution < 1.29 is 4.79 Å². The molecule has 2 aromatic heterocycles. The molecule has 0 saturated heterocycles. The summed E-state index contributed by atoms with van der Waals surface area (Å²) in [5.41, 5.74) is 7.57. The average molecular weight is 465 g/mol. The fourth-order valence-electron chi connectivity index (χ4n) is 3.68. The molecule has 0 radical (unpaired) electrons. The van der Waals surface area contributed by atoms with Gasteiger partial charge in [0.15, 0.2) is 10.8 Å². The van der Waals surface area contributed by atoms with Gasteiger partial charge in [0, 0.05) is 13.6 Å². The second-order valence-electron chi connectivity index (χ2n) is 7.43. The zero-order valence-corrected chi connectivity index (χ0v) is 19.1. The molecule has 0 aliphatic carbocycles. The van der Waals surface area contributed by atoms with Crippen LogP contribution in [0.15, 0.2) is 69.3 Å². The predicted molar refractivity (Wildman–Crippen MR) is 131 cm³/mol. The third-order valence-corrected chi connectivity index (χ3v) is 6.37. The number of benzene rings is 2. The van der Waals surface area contributed by atoms with Crippen molar-refractivity contribution >= 4 is 40.2 Å². The van der Waals surface area contributed by atoms with Crippen LogP contribution in [0.4, 0.5) is 11.5 Å². The minimum Gasteiger partial charge on any atom is -0.383 e. The van der Waals surface area contributed by atoms with Crippen LogP contribution in [0.25, 0.3) is 11.0 Å². The van der Waals surface area contributed by atoms with Gasteiger partial charge in [0.1, 0.15) is 5.82 Å². The standard InChI is InChI=1S/C23H24N6O3S/c1-3-28(18(30)14-33-23-25-16-11-7-8-12-17(16)27(23)2)19-20(24)29(22(32)26-21(19)31)13-15-9-5-4-6-10-15/h4-12H,3,13-14,24H2,1-2H3,(H,26,31,32). The van der Waals surface area contributed by atoms with Crippen molar-refractivity contribution in [3.05, 3.63) is 81.0 Å². The molecule has 4 aromatic rings. The summed E-state index contributed by atoms with van der Waals surface area (Å²) in [6.07, 6.45) is 0. The van der Waals surface area contributed by atoms with Gasteiger partial charge in [0.05, 0.1) is 23.3 Å².